The second-order valence-electron chi connectivity index (χ2n) is 3.66. The number of nitrogens with two attached hydrogens (primary N) is 1. The van der Waals surface area contributed by atoms with Crippen molar-refractivity contribution in [3.63, 3.8) is 0 Å². The summed E-state index contributed by atoms with van der Waals surface area (Å²) in [5.41, 5.74) is 7.17. The van der Waals surface area contributed by atoms with Gasteiger partial charge in [0.25, 0.3) is 0 Å². The van der Waals surface area contributed by atoms with Gasteiger partial charge in [0, 0.05) is 8.96 Å². The second kappa shape index (κ2) is 4.37. The van der Waals surface area contributed by atoms with E-state index in [1.54, 1.807) is 6.07 Å². The van der Waals surface area contributed by atoms with Crippen LogP contribution in [0.5, 0.6) is 0 Å². The minimum absolute atomic E-state index is 0.0132. The molecule has 86 valence electrons. The van der Waals surface area contributed by atoms with E-state index >= 15 is 0 Å². The molecule has 17 heavy (non-hydrogen) atoms. The lowest BCUT2D eigenvalue weighted by atomic mass is 10.1. The molecule has 0 amide bonds. The molecule has 0 saturated carbocycles. The lowest BCUT2D eigenvalue weighted by Crippen LogP contribution is -2.13. The average Bonchev–Trinajstić information content (AvgIpc) is 2.29. The van der Waals surface area contributed by atoms with E-state index in [-0.39, 0.29) is 16.8 Å². The van der Waals surface area contributed by atoms with Gasteiger partial charge in [-0.05, 0) is 46.7 Å². The fraction of sp³-hybridized carbons (Fsp3) is 0.167. The molecule has 2 aromatic rings. The molecule has 0 radical (unpaired) electrons. The summed E-state index contributed by atoms with van der Waals surface area (Å²) < 4.78 is 1.08. The van der Waals surface area contributed by atoms with E-state index in [0.29, 0.717) is 5.39 Å². The van der Waals surface area contributed by atoms with Gasteiger partial charge in [-0.3, -0.25) is 4.79 Å². The van der Waals surface area contributed by atoms with Crippen LogP contribution >= 0.6 is 22.6 Å². The normalized spacial score (nSPS) is 10.4. The van der Waals surface area contributed by atoms with Crippen LogP contribution in [0.2, 0.25) is 0 Å². The Morgan fingerprint density at radius 2 is 2.24 bits per heavy atom. The van der Waals surface area contributed by atoms with Crippen molar-refractivity contribution < 1.29 is 0 Å². The van der Waals surface area contributed by atoms with Crippen LogP contribution < -0.4 is 11.2 Å². The second-order valence-corrected chi connectivity index (χ2v) is 4.82. The van der Waals surface area contributed by atoms with Crippen LogP contribution in [0.4, 0.5) is 5.82 Å². The summed E-state index contributed by atoms with van der Waals surface area (Å²) in [7, 11) is 0. The maximum Gasteiger partial charge on any atom is 0.209 e. The number of aryl methyl sites for hydroxylation is 1. The van der Waals surface area contributed by atoms with E-state index in [1.807, 2.05) is 19.1 Å². The number of nitriles is 1. The largest absolute Gasteiger partial charge is 0.384 e. The number of nitrogens with zero attached hydrogens (tertiary/aromatic N) is 1. The minimum atomic E-state index is -0.301. The molecule has 1 aromatic carbocycles. The lowest BCUT2D eigenvalue weighted by molar-refractivity contribution is 1.13. The van der Waals surface area contributed by atoms with Crippen LogP contribution in [-0.2, 0) is 6.42 Å². The number of aromatic amines is 1. The summed E-state index contributed by atoms with van der Waals surface area (Å²) in [6, 6.07) is 5.45. The number of benzene rings is 1. The van der Waals surface area contributed by atoms with Crippen LogP contribution in [0.3, 0.4) is 0 Å². The van der Waals surface area contributed by atoms with Crippen LogP contribution in [0.1, 0.15) is 18.1 Å². The number of H-pyrrole nitrogens is 1. The Morgan fingerprint density at radius 3 is 2.82 bits per heavy atom. The first kappa shape index (κ1) is 11.9. The molecular formula is C12H10IN3O. The average molecular weight is 339 g/mol. The third-order valence-electron chi connectivity index (χ3n) is 2.72. The van der Waals surface area contributed by atoms with E-state index < -0.39 is 0 Å². The Kier molecular flexibility index (Phi) is 3.07. The number of nitrogen functional groups attached to an aromatic ring is 1. The zero-order valence-electron chi connectivity index (χ0n) is 9.17. The SMILES string of the molecule is CCc1c(I)ccc2c(=O)c(C#N)c(N)[nH]c12. The van der Waals surface area contributed by atoms with Gasteiger partial charge in [0.05, 0.1) is 5.52 Å². The van der Waals surface area contributed by atoms with Crippen LogP contribution in [-0.4, -0.2) is 4.98 Å². The summed E-state index contributed by atoms with van der Waals surface area (Å²) in [5.74, 6) is 0.140. The van der Waals surface area contributed by atoms with Gasteiger partial charge in [0.1, 0.15) is 17.5 Å². The van der Waals surface area contributed by atoms with Crippen molar-refractivity contribution in [2.45, 2.75) is 13.3 Å². The van der Waals surface area contributed by atoms with Crippen molar-refractivity contribution in [2.24, 2.45) is 0 Å². The first-order valence-electron chi connectivity index (χ1n) is 5.13. The molecule has 1 heterocycles. The first-order chi connectivity index (χ1) is 8.10. The third kappa shape index (κ3) is 1.78. The Bertz CT molecular complexity index is 697. The van der Waals surface area contributed by atoms with Crippen LogP contribution in [0.15, 0.2) is 16.9 Å². The van der Waals surface area contributed by atoms with E-state index in [4.69, 9.17) is 11.0 Å². The van der Waals surface area contributed by atoms with Crippen molar-refractivity contribution in [1.29, 1.82) is 5.26 Å². The molecule has 1 aromatic heterocycles. The molecule has 0 aliphatic heterocycles. The van der Waals surface area contributed by atoms with Crippen LogP contribution in [0.25, 0.3) is 10.9 Å². The summed E-state index contributed by atoms with van der Waals surface area (Å²) in [4.78, 5) is 15.0. The molecular weight excluding hydrogens is 329 g/mol. The van der Waals surface area contributed by atoms with Gasteiger partial charge in [-0.15, -0.1) is 0 Å². The molecule has 0 unspecified atom stereocenters. The summed E-state index contributed by atoms with van der Waals surface area (Å²) in [6.45, 7) is 2.02. The molecule has 3 N–H and O–H groups in total. The number of hydrogen-bond acceptors (Lipinski definition) is 3. The van der Waals surface area contributed by atoms with E-state index in [9.17, 15) is 4.79 Å². The highest BCUT2D eigenvalue weighted by Crippen LogP contribution is 2.22. The van der Waals surface area contributed by atoms with Crippen molar-refractivity contribution >= 4 is 39.3 Å². The summed E-state index contributed by atoms with van der Waals surface area (Å²) >= 11 is 2.22. The number of hydrogen-bond donors (Lipinski definition) is 2. The molecule has 0 fully saturated rings. The molecule has 0 saturated heterocycles. The number of aromatic nitrogens is 1. The topological polar surface area (TPSA) is 82.7 Å². The number of anilines is 1. The number of fused-ring (bicyclic) bond motifs is 1. The highest BCUT2D eigenvalue weighted by atomic mass is 127. The van der Waals surface area contributed by atoms with Gasteiger partial charge in [0.2, 0.25) is 5.43 Å². The Labute approximate surface area is 112 Å². The molecule has 0 atom stereocenters. The van der Waals surface area contributed by atoms with Gasteiger partial charge in [0.15, 0.2) is 0 Å². The number of pyridine rings is 1. The van der Waals surface area contributed by atoms with Gasteiger partial charge in [-0.25, -0.2) is 0 Å². The number of rotatable bonds is 1. The molecule has 0 bridgehead atoms. The highest BCUT2D eigenvalue weighted by Gasteiger charge is 2.12. The molecule has 2 rings (SSSR count). The zero-order chi connectivity index (χ0) is 12.6. The minimum Gasteiger partial charge on any atom is -0.384 e. The molecule has 5 heteroatoms. The summed E-state index contributed by atoms with van der Waals surface area (Å²) in [6.07, 6.45) is 0.802. The predicted molar refractivity (Wildman–Crippen MR) is 75.8 cm³/mol. The van der Waals surface area contributed by atoms with Crippen molar-refractivity contribution in [2.75, 3.05) is 5.73 Å². The van der Waals surface area contributed by atoms with E-state index in [0.717, 1.165) is 21.1 Å². The van der Waals surface area contributed by atoms with E-state index in [1.165, 1.54) is 0 Å². The molecule has 0 aliphatic carbocycles. The third-order valence-corrected chi connectivity index (χ3v) is 3.73. The number of nitrogens with one attached hydrogen (secondary N) is 1. The maximum atomic E-state index is 12.0. The van der Waals surface area contributed by atoms with Crippen LogP contribution in [0, 0.1) is 14.9 Å². The Balaban J connectivity index is 3.03. The maximum absolute atomic E-state index is 12.0. The fourth-order valence-electron chi connectivity index (χ4n) is 1.87. The summed E-state index contributed by atoms with van der Waals surface area (Å²) in [5, 5.41) is 9.41. The van der Waals surface area contributed by atoms with E-state index in [2.05, 4.69) is 27.6 Å². The zero-order valence-corrected chi connectivity index (χ0v) is 11.3. The predicted octanol–water partition coefficient (Wildman–Crippen LogP) is 2.15. The van der Waals surface area contributed by atoms with Gasteiger partial charge in [-0.2, -0.15) is 5.26 Å². The Morgan fingerprint density at radius 1 is 1.53 bits per heavy atom. The quantitative estimate of drug-likeness (QED) is 0.781. The van der Waals surface area contributed by atoms with Gasteiger partial charge in [-0.1, -0.05) is 6.92 Å². The lowest BCUT2D eigenvalue weighted by Gasteiger charge is -2.08. The molecule has 0 spiro atoms. The van der Waals surface area contributed by atoms with Crippen molar-refractivity contribution in [3.05, 3.63) is 37.1 Å². The standard InChI is InChI=1S/C12H10IN3O/c1-2-6-9(13)4-3-7-10(6)16-12(15)8(5-14)11(7)17/h3-4H,2H2,1H3,(H3,15,16,17). The Hall–Kier alpha value is -1.55. The van der Waals surface area contributed by atoms with Crippen molar-refractivity contribution in [3.8, 4) is 6.07 Å². The fourth-order valence-corrected chi connectivity index (χ4v) is 2.70. The number of halogens is 1. The van der Waals surface area contributed by atoms with Crippen molar-refractivity contribution in [1.82, 2.24) is 4.98 Å². The monoisotopic (exact) mass is 339 g/mol. The van der Waals surface area contributed by atoms with Gasteiger partial charge < -0.3 is 10.7 Å². The highest BCUT2D eigenvalue weighted by molar-refractivity contribution is 14.1. The first-order valence-corrected chi connectivity index (χ1v) is 6.21. The van der Waals surface area contributed by atoms with Gasteiger partial charge >= 0.3 is 0 Å². The molecule has 0 aliphatic rings. The molecule has 4 nitrogen and oxygen atoms in total. The smallest absolute Gasteiger partial charge is 0.209 e.